The lowest BCUT2D eigenvalue weighted by atomic mass is 10.0. The Labute approximate surface area is 248 Å². The largest absolute Gasteiger partial charge is 0.286 e. The molecule has 0 saturated carbocycles. The van der Waals surface area contributed by atoms with E-state index in [-0.39, 0.29) is 0 Å². The summed E-state index contributed by atoms with van der Waals surface area (Å²) in [4.78, 5) is 17.6. The number of pyridine rings is 3. The summed E-state index contributed by atoms with van der Waals surface area (Å²) in [5.74, 6) is 0. The highest BCUT2D eigenvalue weighted by Gasteiger charge is 2.14. The van der Waals surface area contributed by atoms with Crippen molar-refractivity contribution < 1.29 is 0 Å². The van der Waals surface area contributed by atoms with E-state index in [2.05, 4.69) is 146 Å². The maximum absolute atomic E-state index is 5.09. The summed E-state index contributed by atoms with van der Waals surface area (Å²) in [5.41, 5.74) is 11.9. The van der Waals surface area contributed by atoms with Gasteiger partial charge < -0.3 is 0 Å². The summed E-state index contributed by atoms with van der Waals surface area (Å²) in [7, 11) is 0. The van der Waals surface area contributed by atoms with Gasteiger partial charge in [-0.1, -0.05) is 97.1 Å². The van der Waals surface area contributed by atoms with Crippen LogP contribution in [0.15, 0.2) is 133 Å². The van der Waals surface area contributed by atoms with E-state index in [1.54, 1.807) is 0 Å². The van der Waals surface area contributed by atoms with Gasteiger partial charge in [0.25, 0.3) is 0 Å². The first-order chi connectivity index (χ1) is 20.6. The van der Waals surface area contributed by atoms with Gasteiger partial charge >= 0.3 is 0 Å². The van der Waals surface area contributed by atoms with E-state index in [0.29, 0.717) is 19.6 Å². The van der Waals surface area contributed by atoms with Crippen LogP contribution in [0.5, 0.6) is 0 Å². The van der Waals surface area contributed by atoms with Crippen molar-refractivity contribution in [1.82, 2.24) is 19.9 Å². The Kier molecular flexibility index (Phi) is 8.25. The van der Waals surface area contributed by atoms with Gasteiger partial charge in [0.2, 0.25) is 0 Å². The quantitative estimate of drug-likeness (QED) is 0.182. The van der Waals surface area contributed by atoms with E-state index >= 15 is 0 Å². The van der Waals surface area contributed by atoms with Crippen LogP contribution in [0.25, 0.3) is 33.8 Å². The lowest BCUT2D eigenvalue weighted by molar-refractivity contribution is 0.239. The van der Waals surface area contributed by atoms with E-state index < -0.39 is 0 Å². The minimum Gasteiger partial charge on any atom is -0.286 e. The normalized spacial score (nSPS) is 11.1. The smallest absolute Gasteiger partial charge is 0.0708 e. The zero-order chi connectivity index (χ0) is 28.7. The van der Waals surface area contributed by atoms with Crippen LogP contribution in [0.3, 0.4) is 0 Å². The van der Waals surface area contributed by atoms with Gasteiger partial charge in [0, 0.05) is 36.3 Å². The third kappa shape index (κ3) is 6.51. The number of hydrogen-bond acceptors (Lipinski definition) is 4. The number of hydrogen-bond donors (Lipinski definition) is 0. The Morgan fingerprint density at radius 1 is 0.405 bits per heavy atom. The molecule has 42 heavy (non-hydrogen) atoms. The van der Waals surface area contributed by atoms with Gasteiger partial charge in [-0.05, 0) is 61.4 Å². The lowest BCUT2D eigenvalue weighted by Crippen LogP contribution is -2.24. The second kappa shape index (κ2) is 12.7. The molecular weight excluding hydrogens is 512 g/mol. The number of nitrogens with zero attached hydrogens (tertiary/aromatic N) is 4. The van der Waals surface area contributed by atoms with Crippen LogP contribution >= 0.6 is 0 Å². The zero-order valence-corrected chi connectivity index (χ0v) is 24.1. The highest BCUT2D eigenvalue weighted by Crippen LogP contribution is 2.24. The maximum atomic E-state index is 5.09. The zero-order valence-electron chi connectivity index (χ0n) is 24.1. The van der Waals surface area contributed by atoms with Gasteiger partial charge in [-0.2, -0.15) is 0 Å². The molecule has 206 valence electrons. The molecule has 4 heteroatoms. The van der Waals surface area contributed by atoms with E-state index in [0.717, 1.165) is 50.9 Å². The maximum Gasteiger partial charge on any atom is 0.0708 e. The fourth-order valence-electron chi connectivity index (χ4n) is 5.35. The van der Waals surface area contributed by atoms with Crippen molar-refractivity contribution in [3.8, 4) is 33.8 Å². The lowest BCUT2D eigenvalue weighted by Gasteiger charge is -2.22. The molecule has 3 heterocycles. The number of rotatable bonds is 9. The summed E-state index contributed by atoms with van der Waals surface area (Å²) in [6, 6.07) is 46.1. The fraction of sp³-hybridized carbons (Fsp3) is 0.132. The number of aryl methyl sites for hydroxylation is 2. The van der Waals surface area contributed by atoms with Gasteiger partial charge in [0.05, 0.1) is 34.2 Å². The summed E-state index contributed by atoms with van der Waals surface area (Å²) in [6.45, 7) is 6.29. The fourth-order valence-corrected chi connectivity index (χ4v) is 5.35. The van der Waals surface area contributed by atoms with Crippen molar-refractivity contribution in [1.29, 1.82) is 0 Å². The van der Waals surface area contributed by atoms with Crippen molar-refractivity contribution in [2.24, 2.45) is 0 Å². The highest BCUT2D eigenvalue weighted by atomic mass is 15.1. The molecule has 4 nitrogen and oxygen atoms in total. The molecular formula is C38H34N4. The molecule has 0 amide bonds. The van der Waals surface area contributed by atoms with Crippen LogP contribution in [0.1, 0.15) is 28.2 Å². The van der Waals surface area contributed by atoms with Crippen molar-refractivity contribution in [2.75, 3.05) is 0 Å². The highest BCUT2D eigenvalue weighted by molar-refractivity contribution is 5.64. The molecule has 0 aliphatic rings. The van der Waals surface area contributed by atoms with Crippen LogP contribution < -0.4 is 0 Å². The van der Waals surface area contributed by atoms with Crippen molar-refractivity contribution >= 4 is 0 Å². The average Bonchev–Trinajstić information content (AvgIpc) is 3.02. The van der Waals surface area contributed by atoms with E-state index in [1.807, 2.05) is 6.07 Å². The molecule has 3 aromatic carbocycles. The predicted molar refractivity (Wildman–Crippen MR) is 171 cm³/mol. The van der Waals surface area contributed by atoms with Gasteiger partial charge in [-0.25, -0.2) is 0 Å². The predicted octanol–water partition coefficient (Wildman–Crippen LogP) is 8.69. The molecule has 0 bridgehead atoms. The molecule has 0 unspecified atom stereocenters. The minimum atomic E-state index is 0.674. The molecule has 0 saturated heterocycles. The van der Waals surface area contributed by atoms with Gasteiger partial charge in [-0.3, -0.25) is 19.9 Å². The number of benzene rings is 3. The molecule has 6 rings (SSSR count). The summed E-state index contributed by atoms with van der Waals surface area (Å²) in [6.07, 6.45) is 0. The second-order valence-electron chi connectivity index (χ2n) is 10.7. The standard InChI is InChI=1S/C38H34N4/c1-28-13-6-8-20-34(28)37-23-11-18-32(40-37)26-42(25-31-17-10-22-36(39-31)30-15-4-3-5-16-30)27-33-19-12-24-38(41-33)35-21-9-7-14-29(35)2/h3-24H,25-27H2,1-2H3. The second-order valence-corrected chi connectivity index (χ2v) is 10.7. The van der Waals surface area contributed by atoms with E-state index in [1.165, 1.54) is 11.1 Å². The Hall–Kier alpha value is -4.93. The summed E-state index contributed by atoms with van der Waals surface area (Å²) < 4.78 is 0. The van der Waals surface area contributed by atoms with Crippen LogP contribution in [0.4, 0.5) is 0 Å². The van der Waals surface area contributed by atoms with E-state index in [9.17, 15) is 0 Å². The number of aromatic nitrogens is 3. The first kappa shape index (κ1) is 27.3. The first-order valence-electron chi connectivity index (χ1n) is 14.4. The molecule has 0 aliphatic heterocycles. The average molecular weight is 547 g/mol. The van der Waals surface area contributed by atoms with Gasteiger partial charge in [0.1, 0.15) is 0 Å². The first-order valence-corrected chi connectivity index (χ1v) is 14.4. The third-order valence-electron chi connectivity index (χ3n) is 7.49. The molecule has 0 spiro atoms. The summed E-state index contributed by atoms with van der Waals surface area (Å²) in [5, 5.41) is 0. The monoisotopic (exact) mass is 546 g/mol. The van der Waals surface area contributed by atoms with Crippen molar-refractivity contribution in [3.63, 3.8) is 0 Å². The Balaban J connectivity index is 1.32. The molecule has 0 N–H and O–H groups in total. The Morgan fingerprint density at radius 2 is 0.810 bits per heavy atom. The molecule has 0 fully saturated rings. The van der Waals surface area contributed by atoms with Crippen LogP contribution in [-0.2, 0) is 19.6 Å². The Bertz CT molecular complexity index is 1700. The van der Waals surface area contributed by atoms with E-state index in [4.69, 9.17) is 15.0 Å². The molecule has 0 radical (unpaired) electrons. The van der Waals surface area contributed by atoms with Crippen molar-refractivity contribution in [3.05, 3.63) is 162 Å². The molecule has 0 aliphatic carbocycles. The molecule has 0 atom stereocenters. The third-order valence-corrected chi connectivity index (χ3v) is 7.49. The topological polar surface area (TPSA) is 41.9 Å². The van der Waals surface area contributed by atoms with Crippen LogP contribution in [0.2, 0.25) is 0 Å². The summed E-state index contributed by atoms with van der Waals surface area (Å²) >= 11 is 0. The molecule has 3 aromatic heterocycles. The SMILES string of the molecule is Cc1ccccc1-c1cccc(CN(Cc2cccc(-c3ccccc3)n2)Cc2cccc(-c3ccccc3C)n2)n1. The van der Waals surface area contributed by atoms with Crippen LogP contribution in [-0.4, -0.2) is 19.9 Å². The van der Waals surface area contributed by atoms with Gasteiger partial charge in [-0.15, -0.1) is 0 Å². The Morgan fingerprint density at radius 3 is 1.29 bits per heavy atom. The molecule has 6 aromatic rings. The van der Waals surface area contributed by atoms with Crippen LogP contribution in [0, 0.1) is 13.8 Å². The van der Waals surface area contributed by atoms with Gasteiger partial charge in [0.15, 0.2) is 0 Å². The minimum absolute atomic E-state index is 0.674. The van der Waals surface area contributed by atoms with Crippen molar-refractivity contribution in [2.45, 2.75) is 33.5 Å².